The van der Waals surface area contributed by atoms with Crippen molar-refractivity contribution in [3.8, 4) is 0 Å². The third-order valence-corrected chi connectivity index (χ3v) is 3.37. The molecule has 0 amide bonds. The van der Waals surface area contributed by atoms with Crippen LogP contribution in [0.15, 0.2) is 18.3 Å². The van der Waals surface area contributed by atoms with E-state index in [9.17, 15) is 0 Å². The zero-order valence-electron chi connectivity index (χ0n) is 9.57. The molecule has 84 valence electrons. The van der Waals surface area contributed by atoms with E-state index in [1.165, 1.54) is 5.56 Å². The largest absolute Gasteiger partial charge is 0.327 e. The first-order chi connectivity index (χ1) is 7.26. The van der Waals surface area contributed by atoms with Crippen molar-refractivity contribution in [2.75, 3.05) is 11.5 Å². The van der Waals surface area contributed by atoms with E-state index in [4.69, 9.17) is 5.73 Å². The Labute approximate surface area is 96.7 Å². The van der Waals surface area contributed by atoms with Crippen LogP contribution in [0.1, 0.15) is 25.1 Å². The minimum Gasteiger partial charge on any atom is -0.327 e. The van der Waals surface area contributed by atoms with E-state index in [0.29, 0.717) is 0 Å². The molecule has 2 nitrogen and oxygen atoms in total. The fourth-order valence-corrected chi connectivity index (χ4v) is 2.04. The smallest absolute Gasteiger partial charge is 0.0419 e. The maximum absolute atomic E-state index is 6.00. The van der Waals surface area contributed by atoms with Gasteiger partial charge in [0.2, 0.25) is 0 Å². The summed E-state index contributed by atoms with van der Waals surface area (Å²) in [6, 6.07) is 4.46. The summed E-state index contributed by atoms with van der Waals surface area (Å²) >= 11 is 1.89. The Morgan fingerprint density at radius 3 is 2.73 bits per heavy atom. The molecule has 0 aliphatic rings. The van der Waals surface area contributed by atoms with Crippen LogP contribution in [-0.4, -0.2) is 22.5 Å². The Kier molecular flexibility index (Phi) is 5.73. The van der Waals surface area contributed by atoms with Gasteiger partial charge in [-0.05, 0) is 23.8 Å². The molecule has 0 fully saturated rings. The predicted octanol–water partition coefficient (Wildman–Crippen LogP) is 2.27. The Morgan fingerprint density at radius 2 is 2.20 bits per heavy atom. The first-order valence-corrected chi connectivity index (χ1v) is 6.68. The molecule has 0 aliphatic carbocycles. The molecular formula is C12H20N2S. The van der Waals surface area contributed by atoms with E-state index in [1.54, 1.807) is 0 Å². The van der Waals surface area contributed by atoms with Gasteiger partial charge >= 0.3 is 0 Å². The maximum atomic E-state index is 6.00. The summed E-state index contributed by atoms with van der Waals surface area (Å²) in [5, 5.41) is 0. The molecule has 1 atom stereocenters. The zero-order valence-corrected chi connectivity index (χ0v) is 10.4. The molecular weight excluding hydrogens is 204 g/mol. The SMILES string of the molecule is CCSCC(N)Cc1ccc(CC)cn1. The summed E-state index contributed by atoms with van der Waals surface area (Å²) in [4.78, 5) is 4.41. The van der Waals surface area contributed by atoms with Gasteiger partial charge in [-0.3, -0.25) is 4.98 Å². The Morgan fingerprint density at radius 1 is 1.40 bits per heavy atom. The van der Waals surface area contributed by atoms with E-state index in [0.717, 1.165) is 30.0 Å². The van der Waals surface area contributed by atoms with Crippen LogP contribution >= 0.6 is 11.8 Å². The molecule has 0 radical (unpaired) electrons. The summed E-state index contributed by atoms with van der Waals surface area (Å²) in [7, 11) is 0. The molecule has 2 N–H and O–H groups in total. The molecule has 0 bridgehead atoms. The lowest BCUT2D eigenvalue weighted by molar-refractivity contribution is 0.731. The van der Waals surface area contributed by atoms with Crippen molar-refractivity contribution in [2.24, 2.45) is 5.73 Å². The predicted molar refractivity (Wildman–Crippen MR) is 68.3 cm³/mol. The third kappa shape index (κ3) is 4.67. The fraction of sp³-hybridized carbons (Fsp3) is 0.583. The van der Waals surface area contributed by atoms with Crippen LogP contribution in [0.5, 0.6) is 0 Å². The van der Waals surface area contributed by atoms with Gasteiger partial charge in [0.25, 0.3) is 0 Å². The van der Waals surface area contributed by atoms with Gasteiger partial charge < -0.3 is 5.73 Å². The molecule has 0 aromatic carbocycles. The molecule has 0 saturated carbocycles. The number of rotatable bonds is 6. The molecule has 3 heteroatoms. The molecule has 0 saturated heterocycles. The number of hydrogen-bond donors (Lipinski definition) is 1. The second kappa shape index (κ2) is 6.85. The van der Waals surface area contributed by atoms with E-state index in [1.807, 2.05) is 18.0 Å². The second-order valence-electron chi connectivity index (χ2n) is 3.64. The van der Waals surface area contributed by atoms with Crippen molar-refractivity contribution in [1.29, 1.82) is 0 Å². The van der Waals surface area contributed by atoms with Gasteiger partial charge in [0.15, 0.2) is 0 Å². The number of hydrogen-bond acceptors (Lipinski definition) is 3. The van der Waals surface area contributed by atoms with Gasteiger partial charge in [0, 0.05) is 30.1 Å². The van der Waals surface area contributed by atoms with Gasteiger partial charge in [-0.1, -0.05) is 19.9 Å². The van der Waals surface area contributed by atoms with Crippen molar-refractivity contribution >= 4 is 11.8 Å². The molecule has 1 heterocycles. The average Bonchev–Trinajstić information content (AvgIpc) is 2.27. The normalized spacial score (nSPS) is 12.7. The lowest BCUT2D eigenvalue weighted by atomic mass is 10.1. The first kappa shape index (κ1) is 12.5. The number of aromatic nitrogens is 1. The molecule has 0 spiro atoms. The van der Waals surface area contributed by atoms with Crippen molar-refractivity contribution in [1.82, 2.24) is 4.98 Å². The van der Waals surface area contributed by atoms with E-state index < -0.39 is 0 Å². The molecule has 1 rings (SSSR count). The lowest BCUT2D eigenvalue weighted by Gasteiger charge is -2.10. The van der Waals surface area contributed by atoms with E-state index in [-0.39, 0.29) is 6.04 Å². The van der Waals surface area contributed by atoms with Crippen LogP contribution in [0, 0.1) is 0 Å². The molecule has 15 heavy (non-hydrogen) atoms. The summed E-state index contributed by atoms with van der Waals surface area (Å²) in [5.41, 5.74) is 8.40. The van der Waals surface area contributed by atoms with Crippen molar-refractivity contribution in [3.63, 3.8) is 0 Å². The quantitative estimate of drug-likeness (QED) is 0.805. The molecule has 0 aliphatic heterocycles. The minimum atomic E-state index is 0.231. The monoisotopic (exact) mass is 224 g/mol. The van der Waals surface area contributed by atoms with E-state index in [2.05, 4.69) is 31.0 Å². The highest BCUT2D eigenvalue weighted by Gasteiger charge is 2.04. The number of thioether (sulfide) groups is 1. The Balaban J connectivity index is 2.42. The highest BCUT2D eigenvalue weighted by atomic mass is 32.2. The van der Waals surface area contributed by atoms with Gasteiger partial charge in [-0.2, -0.15) is 11.8 Å². The summed E-state index contributed by atoms with van der Waals surface area (Å²) in [6.45, 7) is 4.30. The third-order valence-electron chi connectivity index (χ3n) is 2.30. The highest BCUT2D eigenvalue weighted by molar-refractivity contribution is 7.99. The fourth-order valence-electron chi connectivity index (χ4n) is 1.38. The number of nitrogens with two attached hydrogens (primary N) is 1. The van der Waals surface area contributed by atoms with Gasteiger partial charge in [-0.15, -0.1) is 0 Å². The topological polar surface area (TPSA) is 38.9 Å². The standard InChI is InChI=1S/C12H20N2S/c1-3-10-5-6-12(14-8-10)7-11(13)9-15-4-2/h5-6,8,11H,3-4,7,9,13H2,1-2H3. The van der Waals surface area contributed by atoms with Crippen LogP contribution in [-0.2, 0) is 12.8 Å². The van der Waals surface area contributed by atoms with Crippen LogP contribution in [0.25, 0.3) is 0 Å². The highest BCUT2D eigenvalue weighted by Crippen LogP contribution is 2.06. The molecule has 1 unspecified atom stereocenters. The second-order valence-corrected chi connectivity index (χ2v) is 4.95. The first-order valence-electron chi connectivity index (χ1n) is 5.53. The Bertz CT molecular complexity index is 271. The van der Waals surface area contributed by atoms with Crippen molar-refractivity contribution in [3.05, 3.63) is 29.6 Å². The summed E-state index contributed by atoms with van der Waals surface area (Å²) < 4.78 is 0. The van der Waals surface area contributed by atoms with Gasteiger partial charge in [0.05, 0.1) is 0 Å². The lowest BCUT2D eigenvalue weighted by Crippen LogP contribution is -2.26. The van der Waals surface area contributed by atoms with Crippen molar-refractivity contribution in [2.45, 2.75) is 32.7 Å². The van der Waals surface area contributed by atoms with Crippen LogP contribution in [0.2, 0.25) is 0 Å². The van der Waals surface area contributed by atoms with Crippen LogP contribution in [0.4, 0.5) is 0 Å². The average molecular weight is 224 g/mol. The minimum absolute atomic E-state index is 0.231. The van der Waals surface area contributed by atoms with Crippen LogP contribution < -0.4 is 5.73 Å². The summed E-state index contributed by atoms with van der Waals surface area (Å²) in [6.07, 6.45) is 3.89. The van der Waals surface area contributed by atoms with Crippen molar-refractivity contribution < 1.29 is 0 Å². The zero-order chi connectivity index (χ0) is 11.1. The number of aryl methyl sites for hydroxylation is 1. The Hall–Kier alpha value is -0.540. The van der Waals surface area contributed by atoms with Gasteiger partial charge in [-0.25, -0.2) is 0 Å². The number of nitrogens with zero attached hydrogens (tertiary/aromatic N) is 1. The maximum Gasteiger partial charge on any atom is 0.0419 e. The van der Waals surface area contributed by atoms with Crippen LogP contribution in [0.3, 0.4) is 0 Å². The molecule has 1 aromatic heterocycles. The van der Waals surface area contributed by atoms with E-state index >= 15 is 0 Å². The van der Waals surface area contributed by atoms with Gasteiger partial charge in [0.1, 0.15) is 0 Å². The number of pyridine rings is 1. The summed E-state index contributed by atoms with van der Waals surface area (Å²) in [5.74, 6) is 2.16. The molecule has 1 aromatic rings.